The highest BCUT2D eigenvalue weighted by Crippen LogP contribution is 2.16. The van der Waals surface area contributed by atoms with Gasteiger partial charge in [-0.2, -0.15) is 0 Å². The van der Waals surface area contributed by atoms with Crippen molar-refractivity contribution in [3.63, 3.8) is 0 Å². The normalized spacial score (nSPS) is 10.0. The second-order valence-electron chi connectivity index (χ2n) is 5.41. The highest BCUT2D eigenvalue weighted by atomic mass is 32.1. The monoisotopic (exact) mass is 329 g/mol. The molecule has 2 aromatic carbocycles. The van der Waals surface area contributed by atoms with Gasteiger partial charge >= 0.3 is 0 Å². The summed E-state index contributed by atoms with van der Waals surface area (Å²) in [6.45, 7) is 1.33. The van der Waals surface area contributed by atoms with Gasteiger partial charge in [0.25, 0.3) is 0 Å². The van der Waals surface area contributed by atoms with Gasteiger partial charge in [0, 0.05) is 38.4 Å². The molecule has 122 valence electrons. The minimum atomic E-state index is 0.632. The van der Waals surface area contributed by atoms with Crippen LogP contribution in [0.25, 0.3) is 0 Å². The molecule has 23 heavy (non-hydrogen) atoms. The maximum atomic E-state index is 5.33. The summed E-state index contributed by atoms with van der Waals surface area (Å²) in [6.07, 6.45) is 0. The van der Waals surface area contributed by atoms with Gasteiger partial charge in [-0.3, -0.25) is 0 Å². The molecule has 0 saturated carbocycles. The third-order valence-corrected chi connectivity index (χ3v) is 3.83. The van der Waals surface area contributed by atoms with E-state index in [-0.39, 0.29) is 0 Å². The van der Waals surface area contributed by atoms with E-state index in [9.17, 15) is 0 Å². The third kappa shape index (κ3) is 5.14. The Morgan fingerprint density at radius 2 is 1.65 bits per heavy atom. The number of hydrogen-bond donors (Lipinski definition) is 2. The van der Waals surface area contributed by atoms with Crippen LogP contribution in [-0.2, 0) is 13.1 Å². The van der Waals surface area contributed by atoms with E-state index in [1.165, 1.54) is 11.3 Å². The Hall–Kier alpha value is -2.27. The Balaban J connectivity index is 1.81. The van der Waals surface area contributed by atoms with E-state index in [4.69, 9.17) is 17.0 Å². The summed E-state index contributed by atoms with van der Waals surface area (Å²) in [5.74, 6) is 0.863. The number of ether oxygens (including phenoxy) is 1. The predicted octanol–water partition coefficient (Wildman–Crippen LogP) is 2.93. The van der Waals surface area contributed by atoms with Crippen molar-refractivity contribution in [1.82, 2.24) is 10.6 Å². The molecule has 2 aromatic rings. The SMILES string of the molecule is COc1ccccc1CNC(=S)NCc1ccc(N(C)C)cc1. The second-order valence-corrected chi connectivity index (χ2v) is 5.82. The van der Waals surface area contributed by atoms with Gasteiger partial charge in [-0.1, -0.05) is 30.3 Å². The largest absolute Gasteiger partial charge is 0.496 e. The number of nitrogens with zero attached hydrogens (tertiary/aromatic N) is 1. The van der Waals surface area contributed by atoms with Crippen LogP contribution in [0.3, 0.4) is 0 Å². The van der Waals surface area contributed by atoms with Gasteiger partial charge in [0.05, 0.1) is 7.11 Å². The van der Waals surface area contributed by atoms with E-state index >= 15 is 0 Å². The first kappa shape index (κ1) is 17.1. The molecule has 4 nitrogen and oxygen atoms in total. The number of thiocarbonyl (C=S) groups is 1. The lowest BCUT2D eigenvalue weighted by Gasteiger charge is -2.14. The minimum absolute atomic E-state index is 0.632. The molecule has 2 N–H and O–H groups in total. The fourth-order valence-electron chi connectivity index (χ4n) is 2.18. The Bertz CT molecular complexity index is 641. The molecule has 0 bridgehead atoms. The fraction of sp³-hybridized carbons (Fsp3) is 0.278. The summed E-state index contributed by atoms with van der Waals surface area (Å²) in [7, 11) is 5.74. The van der Waals surface area contributed by atoms with E-state index in [0.29, 0.717) is 18.2 Å². The summed E-state index contributed by atoms with van der Waals surface area (Å²) in [6, 6.07) is 16.3. The van der Waals surface area contributed by atoms with Gasteiger partial charge in [-0.05, 0) is 36.0 Å². The van der Waals surface area contributed by atoms with Crippen molar-refractivity contribution in [2.45, 2.75) is 13.1 Å². The summed E-state index contributed by atoms with van der Waals surface area (Å²) < 4.78 is 5.33. The lowest BCUT2D eigenvalue weighted by Crippen LogP contribution is -2.34. The summed E-state index contributed by atoms with van der Waals surface area (Å²) >= 11 is 5.33. The number of para-hydroxylation sites is 1. The lowest BCUT2D eigenvalue weighted by atomic mass is 10.2. The summed E-state index contributed by atoms with van der Waals surface area (Å²) in [5.41, 5.74) is 3.46. The molecule has 0 atom stereocenters. The van der Waals surface area contributed by atoms with Crippen LogP contribution in [-0.4, -0.2) is 26.3 Å². The van der Waals surface area contributed by atoms with Crippen molar-refractivity contribution >= 4 is 23.0 Å². The first-order valence-corrected chi connectivity index (χ1v) is 7.91. The number of rotatable bonds is 6. The molecule has 0 aromatic heterocycles. The molecule has 0 amide bonds. The first-order valence-electron chi connectivity index (χ1n) is 7.50. The minimum Gasteiger partial charge on any atom is -0.496 e. The zero-order chi connectivity index (χ0) is 16.7. The van der Waals surface area contributed by atoms with Crippen LogP contribution < -0.4 is 20.3 Å². The van der Waals surface area contributed by atoms with Gasteiger partial charge in [0.1, 0.15) is 5.75 Å². The van der Waals surface area contributed by atoms with Crippen molar-refractivity contribution in [2.75, 3.05) is 26.1 Å². The average molecular weight is 329 g/mol. The van der Waals surface area contributed by atoms with Crippen molar-refractivity contribution in [2.24, 2.45) is 0 Å². The molecule has 0 fully saturated rings. The zero-order valence-electron chi connectivity index (χ0n) is 13.8. The average Bonchev–Trinajstić information content (AvgIpc) is 2.58. The number of benzene rings is 2. The Morgan fingerprint density at radius 1 is 1.00 bits per heavy atom. The molecule has 2 rings (SSSR count). The highest BCUT2D eigenvalue weighted by molar-refractivity contribution is 7.80. The van der Waals surface area contributed by atoms with Gasteiger partial charge in [0.2, 0.25) is 0 Å². The first-order chi connectivity index (χ1) is 11.1. The number of anilines is 1. The maximum Gasteiger partial charge on any atom is 0.166 e. The van der Waals surface area contributed by atoms with Crippen molar-refractivity contribution in [3.8, 4) is 5.75 Å². The molecule has 0 aliphatic rings. The van der Waals surface area contributed by atoms with E-state index in [1.54, 1.807) is 7.11 Å². The number of hydrogen-bond acceptors (Lipinski definition) is 3. The van der Waals surface area contributed by atoms with Crippen molar-refractivity contribution in [3.05, 3.63) is 59.7 Å². The zero-order valence-corrected chi connectivity index (χ0v) is 14.6. The van der Waals surface area contributed by atoms with Crippen LogP contribution in [0.4, 0.5) is 5.69 Å². The van der Waals surface area contributed by atoms with E-state index in [2.05, 4.69) is 39.8 Å². The van der Waals surface area contributed by atoms with Crippen LogP contribution in [0.2, 0.25) is 0 Å². The Morgan fingerprint density at radius 3 is 2.30 bits per heavy atom. The van der Waals surface area contributed by atoms with Crippen LogP contribution in [0, 0.1) is 0 Å². The van der Waals surface area contributed by atoms with E-state index in [0.717, 1.165) is 11.3 Å². The standard InChI is InChI=1S/C18H23N3OS/c1-21(2)16-10-8-14(9-11-16)12-19-18(23)20-13-15-6-4-5-7-17(15)22-3/h4-11H,12-13H2,1-3H3,(H2,19,20,23). The second kappa shape index (κ2) is 8.39. The van der Waals surface area contributed by atoms with Gasteiger partial charge in [0.15, 0.2) is 5.11 Å². The molecule has 0 unspecified atom stereocenters. The van der Waals surface area contributed by atoms with Crippen molar-refractivity contribution in [1.29, 1.82) is 0 Å². The fourth-order valence-corrected chi connectivity index (χ4v) is 2.33. The summed E-state index contributed by atoms with van der Waals surface area (Å²) in [5, 5.41) is 7.06. The quantitative estimate of drug-likeness (QED) is 0.797. The molecule has 0 aliphatic heterocycles. The Kier molecular flexibility index (Phi) is 6.23. The van der Waals surface area contributed by atoms with E-state index in [1.807, 2.05) is 38.4 Å². The molecular weight excluding hydrogens is 306 g/mol. The third-order valence-electron chi connectivity index (χ3n) is 3.54. The molecule has 0 aliphatic carbocycles. The summed E-state index contributed by atoms with van der Waals surface area (Å²) in [4.78, 5) is 2.08. The molecule has 5 heteroatoms. The van der Waals surface area contributed by atoms with Gasteiger partial charge in [-0.15, -0.1) is 0 Å². The van der Waals surface area contributed by atoms with E-state index < -0.39 is 0 Å². The topological polar surface area (TPSA) is 36.5 Å². The maximum absolute atomic E-state index is 5.33. The Labute approximate surface area is 143 Å². The van der Waals surface area contributed by atoms with Crippen LogP contribution in [0.15, 0.2) is 48.5 Å². The molecule has 0 spiro atoms. The number of methoxy groups -OCH3 is 1. The smallest absolute Gasteiger partial charge is 0.166 e. The number of nitrogens with one attached hydrogen (secondary N) is 2. The molecule has 0 radical (unpaired) electrons. The van der Waals surface area contributed by atoms with Crippen LogP contribution in [0.1, 0.15) is 11.1 Å². The molecular formula is C18H23N3OS. The molecule has 0 heterocycles. The predicted molar refractivity (Wildman–Crippen MR) is 100 cm³/mol. The molecule has 0 saturated heterocycles. The van der Waals surface area contributed by atoms with Gasteiger partial charge in [-0.25, -0.2) is 0 Å². The highest BCUT2D eigenvalue weighted by Gasteiger charge is 2.03. The lowest BCUT2D eigenvalue weighted by molar-refractivity contribution is 0.409. The van der Waals surface area contributed by atoms with Crippen LogP contribution >= 0.6 is 12.2 Å². The van der Waals surface area contributed by atoms with Crippen molar-refractivity contribution < 1.29 is 4.74 Å². The van der Waals surface area contributed by atoms with Gasteiger partial charge < -0.3 is 20.3 Å². The van der Waals surface area contributed by atoms with Crippen LogP contribution in [0.5, 0.6) is 5.75 Å².